The van der Waals surface area contributed by atoms with Gasteiger partial charge in [-0.25, -0.2) is 18.6 Å². The molecule has 2 unspecified atom stereocenters. The summed E-state index contributed by atoms with van der Waals surface area (Å²) >= 11 is 0. The molecule has 0 aliphatic rings. The highest BCUT2D eigenvalue weighted by Gasteiger charge is 2.34. The summed E-state index contributed by atoms with van der Waals surface area (Å²) in [6, 6.07) is 3.19. The molecule has 3 rings (SSSR count). The van der Waals surface area contributed by atoms with Crippen LogP contribution >= 0.6 is 0 Å². The lowest BCUT2D eigenvalue weighted by Crippen LogP contribution is -2.48. The molecule has 0 radical (unpaired) electrons. The van der Waals surface area contributed by atoms with Crippen LogP contribution in [-0.4, -0.2) is 65.0 Å². The lowest BCUT2D eigenvalue weighted by atomic mass is 10.0. The molecule has 2 atom stereocenters. The van der Waals surface area contributed by atoms with E-state index in [2.05, 4.69) is 26.0 Å². The van der Waals surface area contributed by atoms with E-state index in [0.29, 0.717) is 10.7 Å². The topological polar surface area (TPSA) is 136 Å². The Kier molecular flexibility index (Phi) is 11.1. The SMILES string of the molecule is COCC(C)N=C(NC(=O)c1ccc(F)c(F)c1)Nc1nn(C(=O)C(NC(=O)OC(C)(C)C)C(C)C)c2cc(C(F)(F)F)ccc12. The predicted molar refractivity (Wildman–Crippen MR) is 160 cm³/mol. The van der Waals surface area contributed by atoms with E-state index in [-0.39, 0.29) is 34.9 Å². The summed E-state index contributed by atoms with van der Waals surface area (Å²) in [5, 5.41) is 11.8. The number of amides is 2. The monoisotopic (exact) mass is 654 g/mol. The van der Waals surface area contributed by atoms with E-state index < -0.39 is 64.9 Å². The Labute approximate surface area is 261 Å². The number of aliphatic imine (C=N–C) groups is 1. The zero-order valence-corrected chi connectivity index (χ0v) is 26.2. The Balaban J connectivity index is 2.11. The van der Waals surface area contributed by atoms with Gasteiger partial charge in [-0.1, -0.05) is 13.8 Å². The average Bonchev–Trinajstić information content (AvgIpc) is 3.28. The summed E-state index contributed by atoms with van der Waals surface area (Å²) in [5.74, 6) is -5.25. The van der Waals surface area contributed by atoms with E-state index >= 15 is 0 Å². The van der Waals surface area contributed by atoms with Crippen molar-refractivity contribution in [2.45, 2.75) is 65.4 Å². The Morgan fingerprint density at radius 2 is 1.67 bits per heavy atom. The molecule has 250 valence electrons. The summed E-state index contributed by atoms with van der Waals surface area (Å²) < 4.78 is 79.5. The molecule has 3 N–H and O–H groups in total. The highest BCUT2D eigenvalue weighted by molar-refractivity contribution is 6.12. The van der Waals surface area contributed by atoms with Gasteiger partial charge >= 0.3 is 12.3 Å². The molecule has 3 aromatic rings. The third-order valence-electron chi connectivity index (χ3n) is 6.23. The van der Waals surface area contributed by atoms with Crippen molar-refractivity contribution in [3.8, 4) is 0 Å². The van der Waals surface area contributed by atoms with Gasteiger partial charge in [0.05, 0.1) is 23.7 Å². The third-order valence-corrected chi connectivity index (χ3v) is 6.23. The number of fused-ring (bicyclic) bond motifs is 1. The van der Waals surface area contributed by atoms with E-state index in [9.17, 15) is 36.3 Å². The smallest absolute Gasteiger partial charge is 0.416 e. The number of nitrogens with one attached hydrogen (secondary N) is 3. The van der Waals surface area contributed by atoms with Crippen molar-refractivity contribution in [1.29, 1.82) is 0 Å². The molecule has 1 aromatic heterocycles. The van der Waals surface area contributed by atoms with Crippen molar-refractivity contribution in [3.63, 3.8) is 0 Å². The first-order valence-corrected chi connectivity index (χ1v) is 14.0. The van der Waals surface area contributed by atoms with Crippen molar-refractivity contribution >= 4 is 40.6 Å². The Hall–Kier alpha value is -4.60. The molecule has 0 aliphatic carbocycles. The van der Waals surface area contributed by atoms with Gasteiger partial charge < -0.3 is 20.1 Å². The van der Waals surface area contributed by atoms with E-state index in [1.807, 2.05) is 0 Å². The largest absolute Gasteiger partial charge is 0.444 e. The molecule has 0 saturated carbocycles. The Morgan fingerprint density at radius 1 is 1.00 bits per heavy atom. The molecule has 2 amide bonds. The number of ether oxygens (including phenoxy) is 2. The van der Waals surface area contributed by atoms with E-state index in [1.54, 1.807) is 41.5 Å². The lowest BCUT2D eigenvalue weighted by molar-refractivity contribution is -0.137. The van der Waals surface area contributed by atoms with Gasteiger partial charge in [-0.15, -0.1) is 5.10 Å². The van der Waals surface area contributed by atoms with E-state index in [1.165, 1.54) is 7.11 Å². The van der Waals surface area contributed by atoms with Gasteiger partial charge in [0.1, 0.15) is 11.6 Å². The molecule has 2 aromatic carbocycles. The molecular weight excluding hydrogens is 619 g/mol. The van der Waals surface area contributed by atoms with Crippen LogP contribution in [0.25, 0.3) is 10.9 Å². The number of nitrogens with zero attached hydrogens (tertiary/aromatic N) is 3. The summed E-state index contributed by atoms with van der Waals surface area (Å²) in [4.78, 5) is 43.6. The molecule has 0 fully saturated rings. The van der Waals surface area contributed by atoms with Gasteiger partial charge in [0.2, 0.25) is 5.96 Å². The van der Waals surface area contributed by atoms with Crippen LogP contribution in [0.3, 0.4) is 0 Å². The van der Waals surface area contributed by atoms with E-state index in [0.717, 1.165) is 30.3 Å². The fourth-order valence-electron chi connectivity index (χ4n) is 4.16. The minimum atomic E-state index is -4.77. The van der Waals surface area contributed by atoms with Crippen molar-refractivity contribution in [1.82, 2.24) is 20.4 Å². The molecule has 0 aliphatic heterocycles. The summed E-state index contributed by atoms with van der Waals surface area (Å²) in [7, 11) is 1.41. The number of carbonyl (C=O) groups is 3. The standard InChI is InChI=1S/C30H35F5N6O5/c1-15(2)23(37-28(44)46-29(4,5)6)26(43)41-22-13-18(30(33,34)35)9-10-19(22)24(40-41)38-27(36-16(3)14-45-7)39-25(42)17-8-11-20(31)21(32)12-17/h8-13,15-16,23H,14H2,1-7H3,(H,37,44)(H2,36,38,39,40,42). The number of aromatic nitrogens is 2. The average molecular weight is 655 g/mol. The van der Waals surface area contributed by atoms with Crippen molar-refractivity contribution in [2.75, 3.05) is 19.0 Å². The van der Waals surface area contributed by atoms with Gasteiger partial charge in [-0.3, -0.25) is 14.9 Å². The first kappa shape index (κ1) is 35.9. The Bertz CT molecular complexity index is 1630. The molecule has 16 heteroatoms. The van der Waals surface area contributed by atoms with Crippen molar-refractivity contribution in [2.24, 2.45) is 10.9 Å². The number of guanidine groups is 1. The number of carbonyl (C=O) groups excluding carboxylic acids is 3. The predicted octanol–water partition coefficient (Wildman–Crippen LogP) is 5.76. The second-order valence-electron chi connectivity index (χ2n) is 11.7. The van der Waals surface area contributed by atoms with Crippen molar-refractivity contribution in [3.05, 3.63) is 59.2 Å². The van der Waals surface area contributed by atoms with Crippen LogP contribution in [0, 0.1) is 17.6 Å². The number of benzene rings is 2. The van der Waals surface area contributed by atoms with Crippen molar-refractivity contribution < 1.29 is 45.8 Å². The summed E-state index contributed by atoms with van der Waals surface area (Å²) in [6.45, 7) is 9.79. The van der Waals surface area contributed by atoms with Gasteiger partial charge in [0.15, 0.2) is 17.5 Å². The maximum absolute atomic E-state index is 13.8. The van der Waals surface area contributed by atoms with Crippen LogP contribution in [0.5, 0.6) is 0 Å². The number of hydrogen-bond acceptors (Lipinski definition) is 7. The maximum atomic E-state index is 13.8. The minimum absolute atomic E-state index is 0.0234. The fraction of sp³-hybridized carbons (Fsp3) is 0.433. The number of hydrogen-bond donors (Lipinski definition) is 3. The maximum Gasteiger partial charge on any atom is 0.416 e. The molecular formula is C30H35F5N6O5. The van der Waals surface area contributed by atoms with Gasteiger partial charge in [-0.2, -0.15) is 17.9 Å². The second-order valence-corrected chi connectivity index (χ2v) is 11.7. The molecule has 0 bridgehead atoms. The van der Waals surface area contributed by atoms with Crippen LogP contribution in [-0.2, 0) is 15.7 Å². The first-order chi connectivity index (χ1) is 21.3. The van der Waals surface area contributed by atoms with Gasteiger partial charge in [0.25, 0.3) is 11.8 Å². The quantitative estimate of drug-likeness (QED) is 0.160. The molecule has 46 heavy (non-hydrogen) atoms. The first-order valence-electron chi connectivity index (χ1n) is 14.0. The van der Waals surface area contributed by atoms with Crippen LogP contribution in [0.4, 0.5) is 32.6 Å². The summed E-state index contributed by atoms with van der Waals surface area (Å²) in [6.07, 6.45) is -5.70. The third kappa shape index (κ3) is 9.22. The number of rotatable bonds is 8. The van der Waals surface area contributed by atoms with Crippen LogP contribution in [0.2, 0.25) is 0 Å². The number of methoxy groups -OCH3 is 1. The fourth-order valence-corrected chi connectivity index (χ4v) is 4.16. The molecule has 0 spiro atoms. The van der Waals surface area contributed by atoms with Gasteiger partial charge in [0, 0.05) is 18.1 Å². The zero-order valence-electron chi connectivity index (χ0n) is 26.2. The number of alkyl halides is 3. The van der Waals surface area contributed by atoms with Gasteiger partial charge in [-0.05, 0) is 70.0 Å². The zero-order chi connectivity index (χ0) is 34.6. The molecule has 11 nitrogen and oxygen atoms in total. The Morgan fingerprint density at radius 3 is 2.24 bits per heavy atom. The summed E-state index contributed by atoms with van der Waals surface area (Å²) in [5.41, 5.74) is -2.50. The van der Waals surface area contributed by atoms with E-state index in [4.69, 9.17) is 9.47 Å². The van der Waals surface area contributed by atoms with Crippen LogP contribution < -0.4 is 16.0 Å². The van der Waals surface area contributed by atoms with Crippen LogP contribution in [0.1, 0.15) is 62.3 Å². The highest BCUT2D eigenvalue weighted by atomic mass is 19.4. The molecule has 1 heterocycles. The molecule has 0 saturated heterocycles. The lowest BCUT2D eigenvalue weighted by Gasteiger charge is -2.25. The normalized spacial score (nSPS) is 13.8. The highest BCUT2D eigenvalue weighted by Crippen LogP contribution is 2.33. The number of anilines is 1. The van der Waals surface area contributed by atoms with Crippen LogP contribution in [0.15, 0.2) is 41.4 Å². The second kappa shape index (κ2) is 14.2. The number of halogens is 5. The number of alkyl carbamates (subject to hydrolysis) is 1. The minimum Gasteiger partial charge on any atom is -0.444 e.